The highest BCUT2D eigenvalue weighted by Crippen LogP contribution is 2.40. The smallest absolute Gasteiger partial charge is 0.341 e. The summed E-state index contributed by atoms with van der Waals surface area (Å²) in [6.45, 7) is 2.06. The number of pyridine rings is 1. The number of anilines is 1. The molecule has 0 unspecified atom stereocenters. The molecule has 0 atom stereocenters. The van der Waals surface area contributed by atoms with Crippen molar-refractivity contribution in [3.63, 3.8) is 0 Å². The van der Waals surface area contributed by atoms with Gasteiger partial charge in [-0.05, 0) is 80.7 Å². The first-order chi connectivity index (χ1) is 18.5. The number of nitrogens with zero attached hydrogens (tertiary/aromatic N) is 2. The van der Waals surface area contributed by atoms with Gasteiger partial charge in [-0.3, -0.25) is 4.79 Å². The van der Waals surface area contributed by atoms with Gasteiger partial charge in [0.1, 0.15) is 21.8 Å². The molecule has 7 nitrogen and oxygen atoms in total. The monoisotopic (exact) mass is 547 g/mol. The molecular formula is C29H29N3O4S2. The molecule has 0 fully saturated rings. The van der Waals surface area contributed by atoms with Gasteiger partial charge in [-0.15, -0.1) is 11.3 Å². The van der Waals surface area contributed by atoms with Gasteiger partial charge in [0, 0.05) is 16.1 Å². The van der Waals surface area contributed by atoms with Crippen LogP contribution in [0.1, 0.15) is 63.8 Å². The maximum absolute atomic E-state index is 13.1. The van der Waals surface area contributed by atoms with Crippen molar-refractivity contribution in [2.75, 3.05) is 24.8 Å². The molecule has 38 heavy (non-hydrogen) atoms. The average Bonchev–Trinajstić information content (AvgIpc) is 3.55. The zero-order chi connectivity index (χ0) is 26.6. The number of amides is 1. The Hall–Kier alpha value is -3.35. The highest BCUT2D eigenvalue weighted by Gasteiger charge is 2.28. The third-order valence-corrected chi connectivity index (χ3v) is 9.11. The summed E-state index contributed by atoms with van der Waals surface area (Å²) in [5.74, 6) is 0.205. The van der Waals surface area contributed by atoms with Crippen LogP contribution in [0.2, 0.25) is 0 Å². The summed E-state index contributed by atoms with van der Waals surface area (Å²) in [5, 5.41) is 14.2. The number of carbonyl (C=O) groups excluding carboxylic acids is 2. The molecule has 2 aromatic heterocycles. The van der Waals surface area contributed by atoms with Crippen LogP contribution in [-0.2, 0) is 35.2 Å². The lowest BCUT2D eigenvalue weighted by molar-refractivity contribution is -0.113. The Morgan fingerprint density at radius 3 is 2.61 bits per heavy atom. The molecule has 9 heteroatoms. The molecule has 0 aliphatic heterocycles. The van der Waals surface area contributed by atoms with Crippen LogP contribution in [0.15, 0.2) is 29.3 Å². The molecule has 0 spiro atoms. The van der Waals surface area contributed by atoms with Crippen LogP contribution in [0.4, 0.5) is 5.00 Å². The number of aryl methyl sites for hydroxylation is 2. The van der Waals surface area contributed by atoms with E-state index in [9.17, 15) is 14.9 Å². The molecule has 0 bridgehead atoms. The molecule has 3 aromatic rings. The summed E-state index contributed by atoms with van der Waals surface area (Å²) in [6.07, 6.45) is 6.56. The van der Waals surface area contributed by atoms with Crippen LogP contribution < -0.4 is 10.1 Å². The number of thioether (sulfide) groups is 1. The number of aromatic nitrogens is 1. The zero-order valence-electron chi connectivity index (χ0n) is 21.5. The number of hydrogen-bond acceptors (Lipinski definition) is 8. The minimum Gasteiger partial charge on any atom is -0.497 e. The van der Waals surface area contributed by atoms with Crippen LogP contribution in [-0.4, -0.2) is 36.3 Å². The van der Waals surface area contributed by atoms with Crippen molar-refractivity contribution in [1.82, 2.24) is 4.98 Å². The fourth-order valence-electron chi connectivity index (χ4n) is 5.21. The summed E-state index contributed by atoms with van der Waals surface area (Å²) in [5.41, 5.74) is 5.96. The second kappa shape index (κ2) is 11.6. The Balaban J connectivity index is 1.40. The minimum atomic E-state index is -0.383. The fourth-order valence-corrected chi connectivity index (χ4v) is 7.31. The van der Waals surface area contributed by atoms with Gasteiger partial charge >= 0.3 is 5.97 Å². The van der Waals surface area contributed by atoms with E-state index in [4.69, 9.17) is 14.5 Å². The maximum atomic E-state index is 13.1. The number of nitrogens with one attached hydrogen (secondary N) is 1. The maximum Gasteiger partial charge on any atom is 0.341 e. The molecule has 1 N–H and O–H groups in total. The fraction of sp³-hybridized carbons (Fsp3) is 0.379. The first-order valence-electron chi connectivity index (χ1n) is 12.9. The quantitative estimate of drug-likeness (QED) is 0.274. The molecule has 5 rings (SSSR count). The molecule has 0 radical (unpaired) electrons. The zero-order valence-corrected chi connectivity index (χ0v) is 23.2. The molecule has 1 aromatic carbocycles. The lowest BCUT2D eigenvalue weighted by Crippen LogP contribution is -2.17. The first-order valence-corrected chi connectivity index (χ1v) is 14.7. The molecule has 1 amide bonds. The van der Waals surface area contributed by atoms with Crippen LogP contribution in [0.5, 0.6) is 5.75 Å². The SMILES string of the molecule is CCOC(=O)c1c(NC(=O)CSc2nc3c(c(-c4ccc(OC)cc4)c2C#N)CCC3)sc2c1CCCC2. The molecule has 2 heterocycles. The Kier molecular flexibility index (Phi) is 8.01. The Morgan fingerprint density at radius 1 is 1.11 bits per heavy atom. The molecular weight excluding hydrogens is 518 g/mol. The number of nitriles is 1. The summed E-state index contributed by atoms with van der Waals surface area (Å²) >= 11 is 2.73. The van der Waals surface area contributed by atoms with Crippen molar-refractivity contribution in [2.45, 2.75) is 56.9 Å². The van der Waals surface area contributed by atoms with Gasteiger partial charge in [0.15, 0.2) is 0 Å². The van der Waals surface area contributed by atoms with Crippen molar-refractivity contribution >= 4 is 40.0 Å². The van der Waals surface area contributed by atoms with Crippen molar-refractivity contribution in [2.24, 2.45) is 0 Å². The number of carbonyl (C=O) groups is 2. The van der Waals surface area contributed by atoms with E-state index in [1.165, 1.54) is 23.1 Å². The number of benzene rings is 1. The third kappa shape index (κ3) is 5.16. The standard InChI is InChI=1S/C29H29N3O4S2/c1-3-36-29(34)26-20-7-4-5-10-23(20)38-28(26)32-24(33)16-37-27-21(15-30)25(19-8-6-9-22(19)31-27)17-11-13-18(35-2)14-12-17/h11-14H,3-10,16H2,1-2H3,(H,32,33). The second-order valence-corrected chi connectivity index (χ2v) is 11.3. The largest absolute Gasteiger partial charge is 0.497 e. The van der Waals surface area contributed by atoms with Crippen molar-refractivity contribution < 1.29 is 19.1 Å². The number of rotatable bonds is 8. The van der Waals surface area contributed by atoms with E-state index in [0.29, 0.717) is 21.2 Å². The van der Waals surface area contributed by atoms with Crippen molar-refractivity contribution in [3.8, 4) is 22.9 Å². The molecule has 0 saturated carbocycles. The Bertz CT molecular complexity index is 1420. The van der Waals surface area contributed by atoms with E-state index in [1.807, 2.05) is 24.3 Å². The van der Waals surface area contributed by atoms with Crippen molar-refractivity contribution in [3.05, 3.63) is 57.1 Å². The number of methoxy groups -OCH3 is 1. The normalized spacial score (nSPS) is 13.8. The van der Waals surface area contributed by atoms with Gasteiger partial charge in [0.2, 0.25) is 5.91 Å². The number of ether oxygens (including phenoxy) is 2. The van der Waals surface area contributed by atoms with Crippen LogP contribution in [0.25, 0.3) is 11.1 Å². The minimum absolute atomic E-state index is 0.0767. The summed E-state index contributed by atoms with van der Waals surface area (Å²) in [6, 6.07) is 10.1. The number of esters is 1. The second-order valence-electron chi connectivity index (χ2n) is 9.26. The molecule has 2 aliphatic carbocycles. The van der Waals surface area contributed by atoms with Gasteiger partial charge in [-0.25, -0.2) is 9.78 Å². The van der Waals surface area contributed by atoms with E-state index in [0.717, 1.165) is 83.5 Å². The van der Waals surface area contributed by atoms with Gasteiger partial charge in [0.25, 0.3) is 0 Å². The van der Waals surface area contributed by atoms with Crippen LogP contribution in [0, 0.1) is 11.3 Å². The van der Waals surface area contributed by atoms with Crippen LogP contribution >= 0.6 is 23.1 Å². The van der Waals surface area contributed by atoms with E-state index in [1.54, 1.807) is 14.0 Å². The Labute approximate surface area is 230 Å². The topological polar surface area (TPSA) is 101 Å². The molecule has 0 saturated heterocycles. The van der Waals surface area contributed by atoms with E-state index < -0.39 is 0 Å². The lowest BCUT2D eigenvalue weighted by Gasteiger charge is -2.15. The van der Waals surface area contributed by atoms with Gasteiger partial charge in [-0.2, -0.15) is 5.26 Å². The Morgan fingerprint density at radius 2 is 1.87 bits per heavy atom. The number of hydrogen-bond donors (Lipinski definition) is 1. The van der Waals surface area contributed by atoms with E-state index in [-0.39, 0.29) is 24.2 Å². The first kappa shape index (κ1) is 26.3. The highest BCUT2D eigenvalue weighted by molar-refractivity contribution is 8.00. The van der Waals surface area contributed by atoms with Gasteiger partial charge < -0.3 is 14.8 Å². The van der Waals surface area contributed by atoms with E-state index in [2.05, 4.69) is 11.4 Å². The molecule has 196 valence electrons. The van der Waals surface area contributed by atoms with Gasteiger partial charge in [0.05, 0.1) is 30.6 Å². The highest BCUT2D eigenvalue weighted by atomic mass is 32.2. The van der Waals surface area contributed by atoms with Crippen molar-refractivity contribution in [1.29, 1.82) is 5.26 Å². The summed E-state index contributed by atoms with van der Waals surface area (Å²) < 4.78 is 10.6. The summed E-state index contributed by atoms with van der Waals surface area (Å²) in [4.78, 5) is 31.8. The predicted octanol–water partition coefficient (Wildman–Crippen LogP) is 5.97. The third-order valence-electron chi connectivity index (χ3n) is 6.93. The average molecular weight is 548 g/mol. The predicted molar refractivity (Wildman–Crippen MR) is 149 cm³/mol. The van der Waals surface area contributed by atoms with Crippen LogP contribution in [0.3, 0.4) is 0 Å². The summed E-state index contributed by atoms with van der Waals surface area (Å²) in [7, 11) is 1.63. The number of thiophene rings is 1. The number of fused-ring (bicyclic) bond motifs is 2. The van der Waals surface area contributed by atoms with E-state index >= 15 is 0 Å². The van der Waals surface area contributed by atoms with Gasteiger partial charge in [-0.1, -0.05) is 23.9 Å². The molecule has 2 aliphatic rings. The lowest BCUT2D eigenvalue weighted by atomic mass is 9.95.